The molecule has 19 heavy (non-hydrogen) atoms. The second-order valence-corrected chi connectivity index (χ2v) is 7.42. The molecule has 2 rings (SSSR count). The molecule has 1 heterocycles. The van der Waals surface area contributed by atoms with Crippen LogP contribution in [0.15, 0.2) is 12.1 Å². The van der Waals surface area contributed by atoms with Crippen molar-refractivity contribution in [2.24, 2.45) is 5.73 Å². The van der Waals surface area contributed by atoms with E-state index in [4.69, 9.17) is 18.0 Å². The molecule has 104 valence electrons. The lowest BCUT2D eigenvalue weighted by Gasteiger charge is -2.39. The van der Waals surface area contributed by atoms with Crippen LogP contribution >= 0.6 is 24.0 Å². The molecule has 1 aliphatic heterocycles. The van der Waals surface area contributed by atoms with Crippen LogP contribution in [0.1, 0.15) is 19.4 Å². The van der Waals surface area contributed by atoms with Crippen molar-refractivity contribution >= 4 is 34.7 Å². The van der Waals surface area contributed by atoms with E-state index in [-0.39, 0.29) is 21.0 Å². The van der Waals surface area contributed by atoms with E-state index < -0.39 is 11.6 Å². The normalized spacial score (nSPS) is 18.4. The Morgan fingerprint density at radius 2 is 1.95 bits per heavy atom. The fourth-order valence-electron chi connectivity index (χ4n) is 2.22. The molecule has 0 spiro atoms. The number of nitrogens with zero attached hydrogens (tertiary/aromatic N) is 1. The van der Waals surface area contributed by atoms with Crippen molar-refractivity contribution in [3.05, 3.63) is 29.3 Å². The minimum Gasteiger partial charge on any atom is -0.389 e. The molecule has 2 N–H and O–H groups in total. The standard InChI is InChI=1S/C13H16F2N2S2/c1-13(2)7-17(3-4-19-13)11-9(14)5-8(12(16)18)6-10(11)15/h5-6H,3-4,7H2,1-2H3,(H2,16,18). The largest absolute Gasteiger partial charge is 0.389 e. The van der Waals surface area contributed by atoms with E-state index in [0.717, 1.165) is 5.75 Å². The third-order valence-corrected chi connectivity index (χ3v) is 4.58. The van der Waals surface area contributed by atoms with Crippen molar-refractivity contribution in [2.75, 3.05) is 23.7 Å². The van der Waals surface area contributed by atoms with Crippen molar-refractivity contribution in [1.82, 2.24) is 0 Å². The van der Waals surface area contributed by atoms with Crippen LogP contribution in [0.5, 0.6) is 0 Å². The molecule has 0 aliphatic carbocycles. The fourth-order valence-corrected chi connectivity index (χ4v) is 3.45. The summed E-state index contributed by atoms with van der Waals surface area (Å²) in [5.41, 5.74) is 5.65. The Morgan fingerprint density at radius 1 is 1.37 bits per heavy atom. The van der Waals surface area contributed by atoms with Gasteiger partial charge in [0.05, 0.1) is 0 Å². The lowest BCUT2D eigenvalue weighted by molar-refractivity contribution is 0.557. The second kappa shape index (κ2) is 5.25. The fraction of sp³-hybridized carbons (Fsp3) is 0.462. The first-order chi connectivity index (χ1) is 8.80. The van der Waals surface area contributed by atoms with Gasteiger partial charge >= 0.3 is 0 Å². The summed E-state index contributed by atoms with van der Waals surface area (Å²) in [6.07, 6.45) is 0. The molecule has 1 aliphatic rings. The average molecular weight is 302 g/mol. The molecule has 0 bridgehead atoms. The maximum atomic E-state index is 14.1. The van der Waals surface area contributed by atoms with E-state index in [1.165, 1.54) is 12.1 Å². The van der Waals surface area contributed by atoms with Crippen LogP contribution in [0.4, 0.5) is 14.5 Å². The van der Waals surface area contributed by atoms with E-state index in [2.05, 4.69) is 13.8 Å². The van der Waals surface area contributed by atoms with Gasteiger partial charge in [0.2, 0.25) is 0 Å². The van der Waals surface area contributed by atoms with Crippen LogP contribution in [0.25, 0.3) is 0 Å². The maximum absolute atomic E-state index is 14.1. The van der Waals surface area contributed by atoms with Gasteiger partial charge in [-0.1, -0.05) is 12.2 Å². The van der Waals surface area contributed by atoms with Gasteiger partial charge < -0.3 is 10.6 Å². The summed E-state index contributed by atoms with van der Waals surface area (Å²) in [6.45, 7) is 5.39. The highest BCUT2D eigenvalue weighted by molar-refractivity contribution is 8.00. The highest BCUT2D eigenvalue weighted by atomic mass is 32.2. The molecule has 1 aromatic rings. The summed E-state index contributed by atoms with van der Waals surface area (Å²) in [5, 5.41) is 0. The molecule has 0 saturated carbocycles. The molecule has 0 radical (unpaired) electrons. The minimum atomic E-state index is -0.606. The Bertz CT molecular complexity index is 494. The van der Waals surface area contributed by atoms with Crippen LogP contribution in [-0.2, 0) is 0 Å². The molecule has 0 atom stereocenters. The second-order valence-electron chi connectivity index (χ2n) is 5.18. The van der Waals surface area contributed by atoms with Gasteiger partial charge in [-0.15, -0.1) is 0 Å². The summed E-state index contributed by atoms with van der Waals surface area (Å²) in [7, 11) is 0. The molecule has 6 heteroatoms. The molecule has 0 amide bonds. The zero-order chi connectivity index (χ0) is 14.2. The molecule has 1 aromatic carbocycles. The average Bonchev–Trinajstić information content (AvgIpc) is 2.26. The van der Waals surface area contributed by atoms with Gasteiger partial charge in [0.1, 0.15) is 22.3 Å². The Kier molecular flexibility index (Phi) is 4.01. The number of nitrogens with two attached hydrogens (primary N) is 1. The Balaban J connectivity index is 2.37. The summed E-state index contributed by atoms with van der Waals surface area (Å²) < 4.78 is 28.2. The third-order valence-electron chi connectivity index (χ3n) is 3.04. The number of thiocarbonyl (C=S) groups is 1. The van der Waals surface area contributed by atoms with Gasteiger partial charge in [0.15, 0.2) is 0 Å². The SMILES string of the molecule is CC1(C)CN(c2c(F)cc(C(N)=S)cc2F)CCS1. The van der Waals surface area contributed by atoms with Crippen molar-refractivity contribution in [3.63, 3.8) is 0 Å². The number of thioether (sulfide) groups is 1. The van der Waals surface area contributed by atoms with E-state index in [0.29, 0.717) is 13.1 Å². The van der Waals surface area contributed by atoms with Crippen LogP contribution < -0.4 is 10.6 Å². The molecule has 1 saturated heterocycles. The summed E-state index contributed by atoms with van der Waals surface area (Å²) >= 11 is 6.56. The quantitative estimate of drug-likeness (QED) is 0.851. The van der Waals surface area contributed by atoms with E-state index in [1.807, 2.05) is 11.8 Å². The number of benzene rings is 1. The van der Waals surface area contributed by atoms with Crippen molar-refractivity contribution in [2.45, 2.75) is 18.6 Å². The van der Waals surface area contributed by atoms with E-state index in [9.17, 15) is 8.78 Å². The lowest BCUT2D eigenvalue weighted by atomic mass is 10.1. The number of anilines is 1. The predicted molar refractivity (Wildman–Crippen MR) is 81.0 cm³/mol. The van der Waals surface area contributed by atoms with Crippen LogP contribution in [0, 0.1) is 11.6 Å². The smallest absolute Gasteiger partial charge is 0.150 e. The van der Waals surface area contributed by atoms with Crippen molar-refractivity contribution in [1.29, 1.82) is 0 Å². The summed E-state index contributed by atoms with van der Waals surface area (Å²) in [6, 6.07) is 2.41. The van der Waals surface area contributed by atoms with Gasteiger partial charge in [-0.3, -0.25) is 0 Å². The Labute approximate surface area is 121 Å². The number of hydrogen-bond acceptors (Lipinski definition) is 3. The highest BCUT2D eigenvalue weighted by Gasteiger charge is 2.30. The highest BCUT2D eigenvalue weighted by Crippen LogP contribution is 2.34. The molecule has 0 unspecified atom stereocenters. The van der Waals surface area contributed by atoms with Crippen molar-refractivity contribution < 1.29 is 8.78 Å². The molecular formula is C13H16F2N2S2. The van der Waals surface area contributed by atoms with Gasteiger partial charge in [-0.25, -0.2) is 8.78 Å². The maximum Gasteiger partial charge on any atom is 0.150 e. The number of hydrogen-bond donors (Lipinski definition) is 1. The van der Waals surface area contributed by atoms with Crippen LogP contribution in [-0.4, -0.2) is 28.6 Å². The van der Waals surface area contributed by atoms with Gasteiger partial charge in [0.25, 0.3) is 0 Å². The van der Waals surface area contributed by atoms with Crippen LogP contribution in [0.2, 0.25) is 0 Å². The predicted octanol–water partition coefficient (Wildman–Crippen LogP) is 2.93. The summed E-state index contributed by atoms with van der Waals surface area (Å²) in [5.74, 6) is -0.362. The minimum absolute atomic E-state index is 0.00104. The zero-order valence-corrected chi connectivity index (χ0v) is 12.5. The first-order valence-corrected chi connectivity index (χ1v) is 7.37. The lowest BCUT2D eigenvalue weighted by Crippen LogP contribution is -2.44. The topological polar surface area (TPSA) is 29.3 Å². The Morgan fingerprint density at radius 3 is 2.42 bits per heavy atom. The zero-order valence-electron chi connectivity index (χ0n) is 10.9. The first kappa shape index (κ1) is 14.5. The molecule has 0 aromatic heterocycles. The van der Waals surface area contributed by atoms with Gasteiger partial charge in [0, 0.05) is 29.2 Å². The number of halogens is 2. The summed E-state index contributed by atoms with van der Waals surface area (Å²) in [4.78, 5) is 1.75. The van der Waals surface area contributed by atoms with Gasteiger partial charge in [-0.05, 0) is 26.0 Å². The van der Waals surface area contributed by atoms with E-state index in [1.54, 1.807) is 4.90 Å². The number of rotatable bonds is 2. The van der Waals surface area contributed by atoms with E-state index >= 15 is 0 Å². The Hall–Kier alpha value is -0.880. The monoisotopic (exact) mass is 302 g/mol. The third kappa shape index (κ3) is 3.17. The first-order valence-electron chi connectivity index (χ1n) is 5.98. The van der Waals surface area contributed by atoms with Crippen molar-refractivity contribution in [3.8, 4) is 0 Å². The molecule has 1 fully saturated rings. The molecule has 2 nitrogen and oxygen atoms in total. The van der Waals surface area contributed by atoms with Gasteiger partial charge in [-0.2, -0.15) is 11.8 Å². The molecular weight excluding hydrogens is 286 g/mol. The van der Waals surface area contributed by atoms with Crippen LogP contribution in [0.3, 0.4) is 0 Å².